The summed E-state index contributed by atoms with van der Waals surface area (Å²) in [7, 11) is 0. The Hall–Kier alpha value is -1.55. The van der Waals surface area contributed by atoms with Crippen molar-refractivity contribution in [2.24, 2.45) is 0 Å². The first-order valence-electron chi connectivity index (χ1n) is 6.70. The molecule has 1 aromatic carbocycles. The Morgan fingerprint density at radius 3 is 2.47 bits per heavy atom. The summed E-state index contributed by atoms with van der Waals surface area (Å²) in [5, 5.41) is 12.2. The minimum absolute atomic E-state index is 0.0731. The molecule has 0 heterocycles. The molecular weight excluding hydrogens is 242 g/mol. The number of nitrogens with one attached hydrogen (secondary N) is 1. The molecule has 4 nitrogen and oxygen atoms in total. The van der Waals surface area contributed by atoms with Crippen molar-refractivity contribution in [3.8, 4) is 5.75 Å². The molecule has 0 aliphatic heterocycles. The highest BCUT2D eigenvalue weighted by molar-refractivity contribution is 5.73. The van der Waals surface area contributed by atoms with Crippen molar-refractivity contribution in [2.75, 3.05) is 0 Å². The minimum Gasteiger partial charge on any atom is -0.491 e. The van der Waals surface area contributed by atoms with E-state index in [2.05, 4.69) is 5.32 Å². The summed E-state index contributed by atoms with van der Waals surface area (Å²) in [5.41, 5.74) is 0.982. The van der Waals surface area contributed by atoms with Crippen LogP contribution in [0.15, 0.2) is 24.3 Å². The number of para-hydroxylation sites is 1. The number of carboxylic acid groups (broad SMARTS) is 1. The molecule has 1 aromatic rings. The molecule has 0 saturated heterocycles. The average Bonchev–Trinajstić information content (AvgIpc) is 2.35. The molecule has 4 heteroatoms. The molecule has 0 aromatic heterocycles. The predicted molar refractivity (Wildman–Crippen MR) is 75.5 cm³/mol. The largest absolute Gasteiger partial charge is 0.491 e. The number of rotatable bonds is 7. The Morgan fingerprint density at radius 2 is 1.95 bits per heavy atom. The van der Waals surface area contributed by atoms with Gasteiger partial charge in [-0.05, 0) is 33.3 Å². The molecular formula is C15H23NO3. The van der Waals surface area contributed by atoms with Gasteiger partial charge in [-0.15, -0.1) is 0 Å². The van der Waals surface area contributed by atoms with Gasteiger partial charge in [0.05, 0.1) is 6.10 Å². The van der Waals surface area contributed by atoms with Crippen molar-refractivity contribution in [2.45, 2.75) is 52.3 Å². The molecule has 0 fully saturated rings. The van der Waals surface area contributed by atoms with Gasteiger partial charge in [0.2, 0.25) is 0 Å². The lowest BCUT2D eigenvalue weighted by Crippen LogP contribution is -2.37. The zero-order chi connectivity index (χ0) is 14.4. The van der Waals surface area contributed by atoms with Crippen molar-refractivity contribution in [1.29, 1.82) is 0 Å². The van der Waals surface area contributed by atoms with Gasteiger partial charge in [-0.1, -0.05) is 25.1 Å². The quantitative estimate of drug-likeness (QED) is 0.795. The Kier molecular flexibility index (Phi) is 5.83. The topological polar surface area (TPSA) is 58.6 Å². The van der Waals surface area contributed by atoms with Crippen LogP contribution >= 0.6 is 0 Å². The van der Waals surface area contributed by atoms with Crippen LogP contribution in [-0.2, 0) is 4.79 Å². The molecule has 19 heavy (non-hydrogen) atoms. The molecule has 0 aliphatic rings. The monoisotopic (exact) mass is 265 g/mol. The van der Waals surface area contributed by atoms with Gasteiger partial charge in [0.15, 0.2) is 0 Å². The molecule has 0 bridgehead atoms. The maximum absolute atomic E-state index is 11.1. The van der Waals surface area contributed by atoms with Crippen LogP contribution in [0.3, 0.4) is 0 Å². The van der Waals surface area contributed by atoms with Crippen LogP contribution in [0.1, 0.15) is 45.7 Å². The number of benzene rings is 1. The first-order valence-corrected chi connectivity index (χ1v) is 6.70. The zero-order valence-electron chi connectivity index (χ0n) is 12.0. The maximum atomic E-state index is 11.1. The van der Waals surface area contributed by atoms with Crippen LogP contribution in [-0.4, -0.2) is 23.2 Å². The summed E-state index contributed by atoms with van der Waals surface area (Å²) in [6.07, 6.45) is 0.641. The Labute approximate surface area is 114 Å². The number of hydrogen-bond donors (Lipinski definition) is 2. The highest BCUT2D eigenvalue weighted by Crippen LogP contribution is 2.26. The third-order valence-corrected chi connectivity index (χ3v) is 2.91. The van der Waals surface area contributed by atoms with Gasteiger partial charge in [-0.3, -0.25) is 10.1 Å². The van der Waals surface area contributed by atoms with Crippen LogP contribution < -0.4 is 10.1 Å². The lowest BCUT2D eigenvalue weighted by atomic mass is 10.1. The summed E-state index contributed by atoms with van der Waals surface area (Å²) < 4.78 is 5.75. The minimum atomic E-state index is -0.823. The average molecular weight is 265 g/mol. The molecule has 0 amide bonds. The van der Waals surface area contributed by atoms with Crippen molar-refractivity contribution in [3.05, 3.63) is 29.8 Å². The Morgan fingerprint density at radius 1 is 1.32 bits per heavy atom. The smallest absolute Gasteiger partial charge is 0.320 e. The molecule has 0 spiro atoms. The van der Waals surface area contributed by atoms with Gasteiger partial charge >= 0.3 is 5.97 Å². The normalized spacial score (nSPS) is 14.2. The fourth-order valence-electron chi connectivity index (χ4n) is 1.95. The van der Waals surface area contributed by atoms with Crippen LogP contribution in [0.2, 0.25) is 0 Å². The SMILES string of the molecule is CCC(NC(C)c1ccccc1OC(C)C)C(=O)O. The van der Waals surface area contributed by atoms with Crippen molar-refractivity contribution in [3.63, 3.8) is 0 Å². The third-order valence-electron chi connectivity index (χ3n) is 2.91. The number of hydrogen-bond acceptors (Lipinski definition) is 3. The van der Waals surface area contributed by atoms with Gasteiger partial charge in [0.25, 0.3) is 0 Å². The standard InChI is InChI=1S/C15H23NO3/c1-5-13(15(17)18)16-11(4)12-8-6-7-9-14(12)19-10(2)3/h6-11,13,16H,5H2,1-4H3,(H,17,18). The van der Waals surface area contributed by atoms with Crippen molar-refractivity contribution in [1.82, 2.24) is 5.32 Å². The summed E-state index contributed by atoms with van der Waals surface area (Å²) in [6.45, 7) is 7.76. The second kappa shape index (κ2) is 7.14. The van der Waals surface area contributed by atoms with E-state index < -0.39 is 12.0 Å². The van der Waals surface area contributed by atoms with Crippen molar-refractivity contribution >= 4 is 5.97 Å². The Balaban J connectivity index is 2.86. The number of aliphatic carboxylic acids is 1. The molecule has 106 valence electrons. The van der Waals surface area contributed by atoms with Crippen LogP contribution in [0.25, 0.3) is 0 Å². The van der Waals surface area contributed by atoms with Crippen LogP contribution in [0.5, 0.6) is 5.75 Å². The predicted octanol–water partition coefficient (Wildman–Crippen LogP) is 2.99. The summed E-state index contributed by atoms with van der Waals surface area (Å²) in [5.74, 6) is -0.0191. The molecule has 1 rings (SSSR count). The van der Waals surface area contributed by atoms with Crippen LogP contribution in [0.4, 0.5) is 0 Å². The number of carbonyl (C=O) groups is 1. The van der Waals surface area contributed by atoms with Gasteiger partial charge in [-0.25, -0.2) is 0 Å². The van der Waals surface area contributed by atoms with E-state index in [-0.39, 0.29) is 12.1 Å². The van der Waals surface area contributed by atoms with E-state index in [9.17, 15) is 4.79 Å². The lowest BCUT2D eigenvalue weighted by Gasteiger charge is -2.22. The third kappa shape index (κ3) is 4.56. The molecule has 0 aliphatic carbocycles. The first-order chi connectivity index (χ1) is 8.95. The fraction of sp³-hybridized carbons (Fsp3) is 0.533. The number of ether oxygens (including phenoxy) is 1. The Bertz CT molecular complexity index is 418. The van der Waals surface area contributed by atoms with E-state index in [1.54, 1.807) is 0 Å². The lowest BCUT2D eigenvalue weighted by molar-refractivity contribution is -0.139. The summed E-state index contributed by atoms with van der Waals surface area (Å²) in [6, 6.07) is 7.11. The second-order valence-electron chi connectivity index (χ2n) is 4.89. The highest BCUT2D eigenvalue weighted by atomic mass is 16.5. The van der Waals surface area contributed by atoms with E-state index in [0.29, 0.717) is 6.42 Å². The van der Waals surface area contributed by atoms with E-state index in [1.165, 1.54) is 0 Å². The zero-order valence-corrected chi connectivity index (χ0v) is 12.0. The maximum Gasteiger partial charge on any atom is 0.320 e. The fourth-order valence-corrected chi connectivity index (χ4v) is 1.95. The van der Waals surface area contributed by atoms with E-state index >= 15 is 0 Å². The summed E-state index contributed by atoms with van der Waals surface area (Å²) in [4.78, 5) is 11.1. The molecule has 2 N–H and O–H groups in total. The van der Waals surface area contributed by atoms with Crippen molar-refractivity contribution < 1.29 is 14.6 Å². The van der Waals surface area contributed by atoms with E-state index in [0.717, 1.165) is 11.3 Å². The van der Waals surface area contributed by atoms with Gasteiger partial charge in [0.1, 0.15) is 11.8 Å². The van der Waals surface area contributed by atoms with Gasteiger partial charge in [0, 0.05) is 11.6 Å². The summed E-state index contributed by atoms with van der Waals surface area (Å²) >= 11 is 0. The van der Waals surface area contributed by atoms with E-state index in [1.807, 2.05) is 52.0 Å². The molecule has 2 unspecified atom stereocenters. The first kappa shape index (κ1) is 15.5. The van der Waals surface area contributed by atoms with E-state index in [4.69, 9.17) is 9.84 Å². The molecule has 0 saturated carbocycles. The molecule has 2 atom stereocenters. The number of carboxylic acids is 1. The van der Waals surface area contributed by atoms with Gasteiger partial charge < -0.3 is 9.84 Å². The van der Waals surface area contributed by atoms with Gasteiger partial charge in [-0.2, -0.15) is 0 Å². The highest BCUT2D eigenvalue weighted by Gasteiger charge is 2.20. The second-order valence-corrected chi connectivity index (χ2v) is 4.89. The van der Waals surface area contributed by atoms with Crippen LogP contribution in [0, 0.1) is 0 Å². The molecule has 0 radical (unpaired) electrons.